The number of oxime groups is 1. The van der Waals surface area contributed by atoms with Gasteiger partial charge in [0.1, 0.15) is 5.56 Å². The molecule has 0 spiro atoms. The number of aryl methyl sites for hydroxylation is 1. The van der Waals surface area contributed by atoms with Crippen molar-refractivity contribution in [1.82, 2.24) is 0 Å². The van der Waals surface area contributed by atoms with Gasteiger partial charge in [0, 0.05) is 13.5 Å². The Balaban J connectivity index is 2.25. The third kappa shape index (κ3) is 5.50. The predicted molar refractivity (Wildman–Crippen MR) is 99.5 cm³/mol. The van der Waals surface area contributed by atoms with Crippen LogP contribution in [0.5, 0.6) is 0 Å². The van der Waals surface area contributed by atoms with Gasteiger partial charge in [0.15, 0.2) is 23.3 Å². The van der Waals surface area contributed by atoms with Gasteiger partial charge in [-0.1, -0.05) is 41.6 Å². The molecule has 2 aromatic rings. The molecule has 0 saturated carbocycles. The Labute approximate surface area is 169 Å². The Hall–Kier alpha value is -3.07. The number of methoxy groups -OCH3 is 1. The van der Waals surface area contributed by atoms with Crippen molar-refractivity contribution < 1.29 is 36.3 Å². The molecule has 0 N–H and O–H groups in total. The zero-order valence-electron chi connectivity index (χ0n) is 15.9. The van der Waals surface area contributed by atoms with Crippen LogP contribution in [-0.2, 0) is 16.0 Å². The maximum absolute atomic E-state index is 13.8. The highest BCUT2D eigenvalue weighted by Gasteiger charge is 2.31. The number of benzene rings is 2. The highest BCUT2D eigenvalue weighted by molar-refractivity contribution is 5.91. The number of ether oxygens (including phenoxy) is 1. The smallest absolute Gasteiger partial charge is 0.371 e. The maximum atomic E-state index is 13.8. The van der Waals surface area contributed by atoms with E-state index in [1.165, 1.54) is 13.2 Å². The summed E-state index contributed by atoms with van der Waals surface area (Å²) in [7, 11) is 1.42. The van der Waals surface area contributed by atoms with E-state index in [1.807, 2.05) is 30.3 Å². The summed E-state index contributed by atoms with van der Waals surface area (Å²) in [5, 5.41) is 3.58. The second-order valence-corrected chi connectivity index (χ2v) is 6.18. The van der Waals surface area contributed by atoms with E-state index in [9.17, 15) is 26.7 Å². The maximum Gasteiger partial charge on any atom is 0.371 e. The van der Waals surface area contributed by atoms with E-state index in [4.69, 9.17) is 4.74 Å². The van der Waals surface area contributed by atoms with Crippen LogP contribution in [0.25, 0.3) is 0 Å². The first-order valence-corrected chi connectivity index (χ1v) is 8.77. The molecular weight excluding hydrogens is 409 g/mol. The first-order chi connectivity index (χ1) is 14.3. The lowest BCUT2D eigenvalue weighted by Gasteiger charge is -2.12. The van der Waals surface area contributed by atoms with Crippen LogP contribution >= 0.6 is 0 Å². The Morgan fingerprint density at radius 3 is 2.13 bits per heavy atom. The molecular formula is C21H18F5NO3. The molecule has 2 aromatic carbocycles. The van der Waals surface area contributed by atoms with Crippen LogP contribution in [-0.4, -0.2) is 24.9 Å². The van der Waals surface area contributed by atoms with E-state index in [-0.39, 0.29) is 18.6 Å². The molecule has 0 aromatic heterocycles. The normalized spacial score (nSPS) is 12.5. The lowest BCUT2D eigenvalue weighted by Crippen LogP contribution is -2.17. The lowest BCUT2D eigenvalue weighted by atomic mass is 10.0. The van der Waals surface area contributed by atoms with Gasteiger partial charge in [-0.15, -0.1) is 6.58 Å². The predicted octanol–water partition coefficient (Wildman–Crippen LogP) is 5.12. The second-order valence-electron chi connectivity index (χ2n) is 6.18. The lowest BCUT2D eigenvalue weighted by molar-refractivity contribution is 0.0496. The van der Waals surface area contributed by atoms with Crippen molar-refractivity contribution in [2.75, 3.05) is 7.11 Å². The first-order valence-electron chi connectivity index (χ1n) is 8.77. The quantitative estimate of drug-likeness (QED) is 0.106. The van der Waals surface area contributed by atoms with Crippen molar-refractivity contribution in [2.45, 2.75) is 25.4 Å². The number of hydrogen-bond acceptors (Lipinski definition) is 4. The Morgan fingerprint density at radius 1 is 1.03 bits per heavy atom. The van der Waals surface area contributed by atoms with Gasteiger partial charge < -0.3 is 9.57 Å². The van der Waals surface area contributed by atoms with Crippen molar-refractivity contribution in [3.05, 3.63) is 83.2 Å². The molecule has 1 unspecified atom stereocenters. The van der Waals surface area contributed by atoms with Crippen LogP contribution in [0.2, 0.25) is 0 Å². The molecule has 30 heavy (non-hydrogen) atoms. The SMILES string of the molecule is C=CC(C/C(CCc1ccccc1)=N\OC(=O)c1c(F)c(F)c(F)c(F)c1F)OC. The van der Waals surface area contributed by atoms with Crippen molar-refractivity contribution in [3.8, 4) is 0 Å². The summed E-state index contributed by atoms with van der Waals surface area (Å²) in [4.78, 5) is 16.5. The van der Waals surface area contributed by atoms with Crippen LogP contribution in [0, 0.1) is 29.1 Å². The second kappa shape index (κ2) is 10.6. The Kier molecular flexibility index (Phi) is 8.23. The van der Waals surface area contributed by atoms with Gasteiger partial charge in [-0.3, -0.25) is 0 Å². The molecule has 0 aliphatic rings. The topological polar surface area (TPSA) is 47.9 Å². The van der Waals surface area contributed by atoms with Crippen molar-refractivity contribution in [2.24, 2.45) is 5.16 Å². The zero-order valence-corrected chi connectivity index (χ0v) is 15.9. The molecule has 0 aliphatic carbocycles. The number of hydrogen-bond donors (Lipinski definition) is 0. The number of carbonyl (C=O) groups is 1. The third-order valence-corrected chi connectivity index (χ3v) is 4.22. The van der Waals surface area contributed by atoms with Crippen LogP contribution < -0.4 is 0 Å². The Bertz CT molecular complexity index is 918. The average Bonchev–Trinajstić information content (AvgIpc) is 2.76. The number of rotatable bonds is 9. The fraction of sp³-hybridized carbons (Fsp3) is 0.238. The fourth-order valence-electron chi connectivity index (χ4n) is 2.55. The molecule has 2 rings (SSSR count). The van der Waals surface area contributed by atoms with Gasteiger partial charge in [0.05, 0.1) is 11.8 Å². The summed E-state index contributed by atoms with van der Waals surface area (Å²) in [6.45, 7) is 3.59. The van der Waals surface area contributed by atoms with Crippen LogP contribution in [0.4, 0.5) is 22.0 Å². The van der Waals surface area contributed by atoms with Gasteiger partial charge in [-0.25, -0.2) is 26.7 Å². The van der Waals surface area contributed by atoms with Gasteiger partial charge in [-0.2, -0.15) is 0 Å². The highest BCUT2D eigenvalue weighted by atomic mass is 19.2. The molecule has 0 heterocycles. The number of nitrogens with zero attached hydrogens (tertiary/aromatic N) is 1. The molecule has 9 heteroatoms. The summed E-state index contributed by atoms with van der Waals surface area (Å²) in [6, 6.07) is 9.22. The van der Waals surface area contributed by atoms with E-state index in [2.05, 4.69) is 16.6 Å². The van der Waals surface area contributed by atoms with Gasteiger partial charge >= 0.3 is 5.97 Å². The standard InChI is InChI=1S/C21H18F5NO3/c1-3-14(29-2)11-13(10-9-12-7-5-4-6-8-12)27-30-21(28)15-16(22)18(24)20(26)19(25)17(15)23/h3-8,14H,1,9-11H2,2H3/b27-13-. The minimum Gasteiger partial charge on any atom is -0.377 e. The molecule has 0 amide bonds. The molecule has 0 bridgehead atoms. The summed E-state index contributed by atoms with van der Waals surface area (Å²) in [5.41, 5.74) is -0.503. The summed E-state index contributed by atoms with van der Waals surface area (Å²) in [5.74, 6) is -13.3. The van der Waals surface area contributed by atoms with Crippen molar-refractivity contribution in [3.63, 3.8) is 0 Å². The van der Waals surface area contributed by atoms with Gasteiger partial charge in [0.25, 0.3) is 0 Å². The van der Waals surface area contributed by atoms with Gasteiger partial charge in [0.2, 0.25) is 5.82 Å². The highest BCUT2D eigenvalue weighted by Crippen LogP contribution is 2.24. The number of halogens is 5. The zero-order chi connectivity index (χ0) is 22.3. The fourth-order valence-corrected chi connectivity index (χ4v) is 2.55. The van der Waals surface area contributed by atoms with E-state index in [0.29, 0.717) is 6.42 Å². The van der Waals surface area contributed by atoms with Crippen LogP contribution in [0.3, 0.4) is 0 Å². The van der Waals surface area contributed by atoms with E-state index in [0.717, 1.165) is 5.56 Å². The van der Waals surface area contributed by atoms with E-state index in [1.54, 1.807) is 0 Å². The summed E-state index contributed by atoms with van der Waals surface area (Å²) in [6.07, 6.45) is 1.89. The molecule has 1 atom stereocenters. The first kappa shape index (κ1) is 23.2. The molecule has 0 fully saturated rings. The monoisotopic (exact) mass is 427 g/mol. The minimum absolute atomic E-state index is 0.136. The molecule has 0 saturated heterocycles. The molecule has 4 nitrogen and oxygen atoms in total. The van der Waals surface area contributed by atoms with Gasteiger partial charge in [-0.05, 0) is 18.4 Å². The number of carbonyl (C=O) groups excluding carboxylic acids is 1. The summed E-state index contributed by atoms with van der Waals surface area (Å²) < 4.78 is 72.4. The van der Waals surface area contributed by atoms with Crippen LogP contribution in [0.15, 0.2) is 48.1 Å². The third-order valence-electron chi connectivity index (χ3n) is 4.22. The van der Waals surface area contributed by atoms with Crippen LogP contribution in [0.1, 0.15) is 28.8 Å². The Morgan fingerprint density at radius 2 is 1.60 bits per heavy atom. The largest absolute Gasteiger partial charge is 0.377 e. The molecule has 160 valence electrons. The van der Waals surface area contributed by atoms with E-state index >= 15 is 0 Å². The molecule has 0 aliphatic heterocycles. The molecule has 0 radical (unpaired) electrons. The average molecular weight is 427 g/mol. The summed E-state index contributed by atoms with van der Waals surface area (Å²) >= 11 is 0. The minimum atomic E-state index is -2.37. The van der Waals surface area contributed by atoms with Crippen molar-refractivity contribution in [1.29, 1.82) is 0 Å². The van der Waals surface area contributed by atoms with E-state index < -0.39 is 46.7 Å². The van der Waals surface area contributed by atoms with Crippen molar-refractivity contribution >= 4 is 11.7 Å².